The third-order valence-corrected chi connectivity index (χ3v) is 6.43. The van der Waals surface area contributed by atoms with Crippen LogP contribution in [0.1, 0.15) is 24.1 Å². The Kier molecular flexibility index (Phi) is 7.95. The van der Waals surface area contributed by atoms with Crippen molar-refractivity contribution in [1.29, 1.82) is 0 Å². The summed E-state index contributed by atoms with van der Waals surface area (Å²) in [6.45, 7) is 3.90. The minimum atomic E-state index is -0.220. The second-order valence-corrected chi connectivity index (χ2v) is 8.54. The second-order valence-electron chi connectivity index (χ2n) is 8.54. The van der Waals surface area contributed by atoms with Crippen molar-refractivity contribution in [3.8, 4) is 11.5 Å². The third-order valence-electron chi connectivity index (χ3n) is 6.43. The van der Waals surface area contributed by atoms with Crippen molar-refractivity contribution in [2.75, 3.05) is 39.3 Å². The maximum atomic E-state index is 13.6. The molecule has 0 amide bonds. The molecule has 35 heavy (non-hydrogen) atoms. The van der Waals surface area contributed by atoms with E-state index in [1.807, 2.05) is 37.4 Å². The van der Waals surface area contributed by atoms with Crippen molar-refractivity contribution in [2.24, 2.45) is 0 Å². The van der Waals surface area contributed by atoms with Crippen LogP contribution in [0.15, 0.2) is 35.3 Å². The number of aromatic nitrogens is 4. The van der Waals surface area contributed by atoms with Gasteiger partial charge in [0.25, 0.3) is 0 Å². The first-order valence-electron chi connectivity index (χ1n) is 11.3. The molecule has 3 aromatic heterocycles. The van der Waals surface area contributed by atoms with Gasteiger partial charge in [0.2, 0.25) is 5.69 Å². The van der Waals surface area contributed by atoms with Gasteiger partial charge in [-0.15, -0.1) is 0 Å². The number of imidazole rings is 1. The summed E-state index contributed by atoms with van der Waals surface area (Å²) < 4.78 is 19.5. The molecule has 0 aliphatic carbocycles. The average molecular weight is 695 g/mol. The first kappa shape index (κ1) is 25.8. The van der Waals surface area contributed by atoms with E-state index in [4.69, 9.17) is 19.2 Å². The fraction of sp³-hybridized carbons (Fsp3) is 0.400. The molecule has 4 heterocycles. The molecular formula is C25H28N5O4Th-. The number of rotatable bonds is 6. The quantitative estimate of drug-likeness (QED) is 0.288. The van der Waals surface area contributed by atoms with Crippen LogP contribution in [0.4, 0.5) is 5.69 Å². The summed E-state index contributed by atoms with van der Waals surface area (Å²) in [6, 6.07) is 7.66. The van der Waals surface area contributed by atoms with Crippen LogP contribution < -0.4 is 20.1 Å². The number of hydrogen-bond acceptors (Lipinski definition) is 7. The zero-order valence-electron chi connectivity index (χ0n) is 20.4. The van der Waals surface area contributed by atoms with Gasteiger partial charge in [-0.3, -0.25) is 4.98 Å². The fourth-order valence-electron chi connectivity index (χ4n) is 4.61. The average Bonchev–Trinajstić information content (AvgIpc) is 3.27. The van der Waals surface area contributed by atoms with Crippen LogP contribution >= 0.6 is 0 Å². The Labute approximate surface area is 235 Å². The molecule has 0 saturated carbocycles. The Morgan fingerprint density at radius 1 is 1.06 bits per heavy atom. The number of anilines is 1. The molecule has 10 heteroatoms. The number of nitrogens with zero attached hydrogens (tertiary/aromatic N) is 5. The van der Waals surface area contributed by atoms with Gasteiger partial charge in [-0.2, -0.15) is 0 Å². The molecule has 1 aliphatic rings. The van der Waals surface area contributed by atoms with E-state index in [1.54, 1.807) is 25.9 Å². The standard InChI is InChI=1S/C25H28N5O4.Th/c1-16-14-30-24(27-16)23-22(11-18(13-26-23)28-7-5-19(32-2)6-8-28)29(25(30)31)15-17-9-20(33-3)12-21(10-17)34-4;/h9-13,19H,5-8,15H2,1-4H3;/q-1;. The maximum Gasteiger partial charge on any atom is 0.219 e. The first-order chi connectivity index (χ1) is 16.5. The largest absolute Gasteiger partial charge is 0.497 e. The third kappa shape index (κ3) is 5.02. The smallest absolute Gasteiger partial charge is 0.219 e. The molecule has 4 aromatic rings. The summed E-state index contributed by atoms with van der Waals surface area (Å²) in [4.78, 5) is 25.2. The van der Waals surface area contributed by atoms with E-state index < -0.39 is 0 Å². The Balaban J connectivity index is 0.00000289. The van der Waals surface area contributed by atoms with Crippen molar-refractivity contribution < 1.29 is 54.2 Å². The number of methoxy groups -OCH3 is 3. The molecule has 0 unspecified atom stereocenters. The SMILES string of the molecule is COc1cc(Cn2c(=O)n3[c-]c(C)nc3c3ncc(N4CCC(OC)CC4)cc32)cc(OC)c1.[Th]. The molecular weight excluding hydrogens is 666 g/mol. The van der Waals surface area contributed by atoms with Gasteiger partial charge < -0.3 is 37.9 Å². The Morgan fingerprint density at radius 3 is 2.37 bits per heavy atom. The number of piperidine rings is 1. The van der Waals surface area contributed by atoms with Crippen LogP contribution in [0, 0.1) is 53.1 Å². The monoisotopic (exact) mass is 694 g/mol. The molecule has 0 atom stereocenters. The van der Waals surface area contributed by atoms with Crippen molar-refractivity contribution in [2.45, 2.75) is 32.4 Å². The Morgan fingerprint density at radius 2 is 1.74 bits per heavy atom. The predicted octanol–water partition coefficient (Wildman–Crippen LogP) is 2.83. The van der Waals surface area contributed by atoms with E-state index in [0.29, 0.717) is 34.9 Å². The summed E-state index contributed by atoms with van der Waals surface area (Å²) in [5, 5.41) is 0. The van der Waals surface area contributed by atoms with Gasteiger partial charge in [0.15, 0.2) is 0 Å². The molecule has 1 aliphatic heterocycles. The zero-order valence-corrected chi connectivity index (χ0v) is 24.5. The summed E-state index contributed by atoms with van der Waals surface area (Å²) in [7, 11) is 4.98. The number of benzene rings is 1. The van der Waals surface area contributed by atoms with Crippen LogP contribution in [0.3, 0.4) is 0 Å². The molecule has 182 valence electrons. The van der Waals surface area contributed by atoms with E-state index in [-0.39, 0.29) is 51.7 Å². The van der Waals surface area contributed by atoms with E-state index in [0.717, 1.165) is 42.7 Å². The van der Waals surface area contributed by atoms with Crippen LogP contribution in [0.5, 0.6) is 11.5 Å². The number of hydrogen-bond donors (Lipinski definition) is 0. The van der Waals surface area contributed by atoms with Gasteiger partial charge in [0, 0.05) is 78.9 Å². The normalized spacial score (nSPS) is 14.3. The molecule has 1 fully saturated rings. The molecule has 0 bridgehead atoms. The number of ether oxygens (including phenoxy) is 3. The molecule has 0 radical (unpaired) electrons. The minimum absolute atomic E-state index is 0. The topological polar surface area (TPSA) is 83.1 Å². The van der Waals surface area contributed by atoms with Crippen molar-refractivity contribution in [3.05, 3.63) is 58.4 Å². The number of pyridine rings is 1. The maximum absolute atomic E-state index is 13.6. The summed E-state index contributed by atoms with van der Waals surface area (Å²) in [5.74, 6) is 1.33. The fourth-order valence-corrected chi connectivity index (χ4v) is 4.61. The Hall–Kier alpha value is -2.27. The van der Waals surface area contributed by atoms with Gasteiger partial charge in [0.05, 0.1) is 42.7 Å². The second kappa shape index (κ2) is 10.8. The van der Waals surface area contributed by atoms with Crippen molar-refractivity contribution >= 4 is 22.4 Å². The van der Waals surface area contributed by atoms with E-state index >= 15 is 0 Å². The van der Waals surface area contributed by atoms with Crippen LogP contribution in [0.25, 0.3) is 16.7 Å². The van der Waals surface area contributed by atoms with Crippen molar-refractivity contribution in [3.63, 3.8) is 0 Å². The molecule has 9 nitrogen and oxygen atoms in total. The van der Waals surface area contributed by atoms with Crippen LogP contribution in [0.2, 0.25) is 0 Å². The van der Waals surface area contributed by atoms with Crippen molar-refractivity contribution in [1.82, 2.24) is 18.9 Å². The summed E-state index contributed by atoms with van der Waals surface area (Å²) in [5.41, 5.74) is 4.19. The van der Waals surface area contributed by atoms with Crippen LogP contribution in [-0.2, 0) is 11.3 Å². The van der Waals surface area contributed by atoms with E-state index in [1.165, 1.54) is 4.40 Å². The number of aryl methyl sites for hydroxylation is 1. The summed E-state index contributed by atoms with van der Waals surface area (Å²) >= 11 is 0. The zero-order chi connectivity index (χ0) is 23.8. The minimum Gasteiger partial charge on any atom is -0.497 e. The van der Waals surface area contributed by atoms with Gasteiger partial charge in [-0.1, -0.05) is 6.20 Å². The summed E-state index contributed by atoms with van der Waals surface area (Å²) in [6.07, 6.45) is 7.10. The van der Waals surface area contributed by atoms with Gasteiger partial charge in [-0.25, -0.2) is 0 Å². The molecule has 5 rings (SSSR count). The van der Waals surface area contributed by atoms with E-state index in [9.17, 15) is 4.79 Å². The Bertz CT molecular complexity index is 1390. The predicted molar refractivity (Wildman–Crippen MR) is 129 cm³/mol. The van der Waals surface area contributed by atoms with Gasteiger partial charge in [0.1, 0.15) is 11.5 Å². The molecule has 1 aromatic carbocycles. The van der Waals surface area contributed by atoms with Crippen LogP contribution in [-0.4, -0.2) is 59.5 Å². The first-order valence-corrected chi connectivity index (χ1v) is 11.3. The van der Waals surface area contributed by atoms with E-state index in [2.05, 4.69) is 16.1 Å². The van der Waals surface area contributed by atoms with Gasteiger partial charge in [-0.05, 0) is 49.2 Å². The molecule has 0 spiro atoms. The molecule has 1 saturated heterocycles. The number of fused-ring (bicyclic) bond motifs is 3. The molecule has 0 N–H and O–H groups in total. The van der Waals surface area contributed by atoms with Gasteiger partial charge >= 0.3 is 0 Å².